The Labute approximate surface area is 125 Å². The van der Waals surface area contributed by atoms with Crippen LogP contribution in [0.25, 0.3) is 0 Å². The van der Waals surface area contributed by atoms with E-state index >= 15 is 0 Å². The molecule has 2 rings (SSSR count). The highest BCUT2D eigenvalue weighted by Crippen LogP contribution is 2.16. The van der Waals surface area contributed by atoms with Gasteiger partial charge >= 0.3 is 0 Å². The van der Waals surface area contributed by atoms with Gasteiger partial charge in [0, 0.05) is 37.7 Å². The molecule has 0 saturated carbocycles. The largest absolute Gasteiger partial charge is 0.352 e. The Morgan fingerprint density at radius 2 is 2.10 bits per heavy atom. The van der Waals surface area contributed by atoms with Gasteiger partial charge in [0.2, 0.25) is 10.0 Å². The highest BCUT2D eigenvalue weighted by atomic mass is 32.2. The Morgan fingerprint density at radius 1 is 1.38 bits per heavy atom. The number of aryl methyl sites for hydroxylation is 1. The third-order valence-corrected chi connectivity index (χ3v) is 5.06. The Bertz CT molecular complexity index is 624. The van der Waals surface area contributed by atoms with E-state index in [9.17, 15) is 13.2 Å². The van der Waals surface area contributed by atoms with Gasteiger partial charge in [0.1, 0.15) is 0 Å². The summed E-state index contributed by atoms with van der Waals surface area (Å²) in [5.41, 5.74) is 1.16. The third-order valence-electron chi connectivity index (χ3n) is 3.52. The molecule has 1 fully saturated rings. The molecule has 0 aliphatic carbocycles. The maximum Gasteiger partial charge on any atom is 0.251 e. The molecule has 1 aromatic carbocycles. The first-order valence-electron chi connectivity index (χ1n) is 7.03. The number of nitrogens with one attached hydrogen (secondary N) is 3. The zero-order valence-corrected chi connectivity index (χ0v) is 13.1. The van der Waals surface area contributed by atoms with Gasteiger partial charge in [-0.25, -0.2) is 13.1 Å². The number of benzene rings is 1. The summed E-state index contributed by atoms with van der Waals surface area (Å²) in [5.74, 6) is 0.232. The van der Waals surface area contributed by atoms with Crippen molar-refractivity contribution in [1.82, 2.24) is 15.4 Å². The molecule has 1 aromatic rings. The second-order valence-electron chi connectivity index (χ2n) is 5.21. The Kier molecular flexibility index (Phi) is 4.97. The fourth-order valence-corrected chi connectivity index (χ4v) is 3.18. The van der Waals surface area contributed by atoms with Crippen LogP contribution in [0.4, 0.5) is 0 Å². The van der Waals surface area contributed by atoms with Crippen LogP contribution in [0, 0.1) is 12.8 Å². The van der Waals surface area contributed by atoms with Crippen LogP contribution < -0.4 is 15.4 Å². The Morgan fingerprint density at radius 3 is 2.67 bits per heavy atom. The molecule has 0 unspecified atom stereocenters. The lowest BCUT2D eigenvalue weighted by Crippen LogP contribution is -2.48. The molecule has 0 aromatic heterocycles. The summed E-state index contributed by atoms with van der Waals surface area (Å²) in [5, 5.41) is 6.00. The van der Waals surface area contributed by atoms with E-state index in [1.807, 2.05) is 0 Å². The van der Waals surface area contributed by atoms with Gasteiger partial charge in [0.25, 0.3) is 5.91 Å². The van der Waals surface area contributed by atoms with Crippen LogP contribution in [-0.2, 0) is 10.0 Å². The number of hydrogen-bond donors (Lipinski definition) is 3. The van der Waals surface area contributed by atoms with E-state index in [1.54, 1.807) is 19.9 Å². The fraction of sp³-hybridized carbons (Fsp3) is 0.500. The number of carbonyl (C=O) groups excluding carboxylic acids is 1. The minimum absolute atomic E-state index is 0.116. The summed E-state index contributed by atoms with van der Waals surface area (Å²) in [7, 11) is -3.55. The quantitative estimate of drug-likeness (QED) is 0.702. The molecule has 0 atom stereocenters. The maximum absolute atomic E-state index is 12.2. The predicted octanol–water partition coefficient (Wildman–Crippen LogP) is 0.242. The average molecular weight is 311 g/mol. The second kappa shape index (κ2) is 6.55. The van der Waals surface area contributed by atoms with Gasteiger partial charge in [-0.15, -0.1) is 0 Å². The van der Waals surface area contributed by atoms with Crippen molar-refractivity contribution in [3.63, 3.8) is 0 Å². The van der Waals surface area contributed by atoms with Crippen molar-refractivity contribution in [2.45, 2.75) is 18.7 Å². The van der Waals surface area contributed by atoms with Gasteiger partial charge in [-0.2, -0.15) is 0 Å². The van der Waals surface area contributed by atoms with Crippen molar-refractivity contribution in [2.24, 2.45) is 5.92 Å². The van der Waals surface area contributed by atoms with Gasteiger partial charge in [0.15, 0.2) is 0 Å². The van der Waals surface area contributed by atoms with Gasteiger partial charge in [0.05, 0.1) is 4.90 Å². The zero-order valence-electron chi connectivity index (χ0n) is 12.3. The van der Waals surface area contributed by atoms with Crippen molar-refractivity contribution in [2.75, 3.05) is 26.2 Å². The smallest absolute Gasteiger partial charge is 0.251 e. The monoisotopic (exact) mass is 311 g/mol. The molecule has 0 spiro atoms. The first-order chi connectivity index (χ1) is 9.94. The second-order valence-corrected chi connectivity index (χ2v) is 6.98. The van der Waals surface area contributed by atoms with E-state index in [0.29, 0.717) is 24.6 Å². The lowest BCUT2D eigenvalue weighted by molar-refractivity contribution is 0.0941. The van der Waals surface area contributed by atoms with E-state index in [1.165, 1.54) is 12.1 Å². The van der Waals surface area contributed by atoms with Gasteiger partial charge < -0.3 is 10.6 Å². The first kappa shape index (κ1) is 15.9. The normalized spacial score (nSPS) is 15.5. The SMILES string of the molecule is CCNS(=O)(=O)c1ccc(C)c(C(=O)NCC2CNC2)c1. The van der Waals surface area contributed by atoms with E-state index in [-0.39, 0.29) is 10.8 Å². The van der Waals surface area contributed by atoms with Crippen LogP contribution >= 0.6 is 0 Å². The average Bonchev–Trinajstić information content (AvgIpc) is 2.36. The number of rotatable bonds is 6. The van der Waals surface area contributed by atoms with Crippen LogP contribution in [-0.4, -0.2) is 40.5 Å². The van der Waals surface area contributed by atoms with Crippen molar-refractivity contribution in [1.29, 1.82) is 0 Å². The van der Waals surface area contributed by atoms with Gasteiger partial charge in [-0.3, -0.25) is 4.79 Å². The number of sulfonamides is 1. The molecule has 6 nitrogen and oxygen atoms in total. The lowest BCUT2D eigenvalue weighted by Gasteiger charge is -2.27. The van der Waals surface area contributed by atoms with E-state index in [2.05, 4.69) is 15.4 Å². The summed E-state index contributed by atoms with van der Waals surface area (Å²) < 4.78 is 26.4. The highest BCUT2D eigenvalue weighted by molar-refractivity contribution is 7.89. The molecule has 1 aliphatic rings. The van der Waals surface area contributed by atoms with Crippen molar-refractivity contribution in [3.05, 3.63) is 29.3 Å². The molecule has 1 aliphatic heterocycles. The Hall–Kier alpha value is -1.44. The first-order valence-corrected chi connectivity index (χ1v) is 8.51. The summed E-state index contributed by atoms with van der Waals surface area (Å²) in [4.78, 5) is 12.3. The van der Waals surface area contributed by atoms with Crippen LogP contribution in [0.3, 0.4) is 0 Å². The van der Waals surface area contributed by atoms with E-state index in [4.69, 9.17) is 0 Å². The topological polar surface area (TPSA) is 87.3 Å². The molecule has 1 amide bonds. The van der Waals surface area contributed by atoms with Crippen LogP contribution in [0.15, 0.2) is 23.1 Å². The zero-order chi connectivity index (χ0) is 15.5. The third kappa shape index (κ3) is 3.81. The molecule has 1 heterocycles. The van der Waals surface area contributed by atoms with Crippen LogP contribution in [0.2, 0.25) is 0 Å². The molecular formula is C14H21N3O3S. The van der Waals surface area contributed by atoms with Crippen LogP contribution in [0.1, 0.15) is 22.8 Å². The maximum atomic E-state index is 12.2. The van der Waals surface area contributed by atoms with Crippen LogP contribution in [0.5, 0.6) is 0 Å². The minimum Gasteiger partial charge on any atom is -0.352 e. The number of amides is 1. The Balaban J connectivity index is 2.16. The fourth-order valence-electron chi connectivity index (χ4n) is 2.11. The standard InChI is InChI=1S/C14H21N3O3S/c1-3-17-21(19,20)12-5-4-10(2)13(6-12)14(18)16-9-11-7-15-8-11/h4-6,11,15,17H,3,7-9H2,1-2H3,(H,16,18). The molecule has 21 heavy (non-hydrogen) atoms. The lowest BCUT2D eigenvalue weighted by atomic mass is 10.0. The van der Waals surface area contributed by atoms with E-state index < -0.39 is 10.0 Å². The summed E-state index contributed by atoms with van der Waals surface area (Å²) in [6.45, 7) is 6.25. The minimum atomic E-state index is -3.55. The number of carbonyl (C=O) groups is 1. The van der Waals surface area contributed by atoms with Gasteiger partial charge in [-0.1, -0.05) is 13.0 Å². The van der Waals surface area contributed by atoms with Crippen molar-refractivity contribution >= 4 is 15.9 Å². The predicted molar refractivity (Wildman–Crippen MR) is 80.7 cm³/mol. The van der Waals surface area contributed by atoms with Crippen molar-refractivity contribution < 1.29 is 13.2 Å². The molecule has 0 radical (unpaired) electrons. The summed E-state index contributed by atoms with van der Waals surface area (Å²) >= 11 is 0. The molecule has 7 heteroatoms. The van der Waals surface area contributed by atoms with E-state index in [0.717, 1.165) is 18.7 Å². The highest BCUT2D eigenvalue weighted by Gasteiger charge is 2.20. The number of hydrogen-bond acceptors (Lipinski definition) is 4. The van der Waals surface area contributed by atoms with Gasteiger partial charge in [-0.05, 0) is 24.6 Å². The van der Waals surface area contributed by atoms with Crippen molar-refractivity contribution in [3.8, 4) is 0 Å². The molecule has 3 N–H and O–H groups in total. The molecule has 1 saturated heterocycles. The molecule has 116 valence electrons. The molecule has 0 bridgehead atoms. The summed E-state index contributed by atoms with van der Waals surface area (Å²) in [6.07, 6.45) is 0. The summed E-state index contributed by atoms with van der Waals surface area (Å²) in [6, 6.07) is 4.60. The molecular weight excluding hydrogens is 290 g/mol.